The van der Waals surface area contributed by atoms with Crippen molar-refractivity contribution in [1.29, 1.82) is 0 Å². The van der Waals surface area contributed by atoms with Crippen LogP contribution in [-0.4, -0.2) is 52.6 Å². The molecule has 8 heteroatoms. The molecule has 3 rings (SSSR count). The van der Waals surface area contributed by atoms with Gasteiger partial charge in [0.25, 0.3) is 5.91 Å². The number of carbonyl (C=O) groups excluding carboxylic acids is 2. The molecule has 0 radical (unpaired) electrons. The summed E-state index contributed by atoms with van der Waals surface area (Å²) >= 11 is 5.94. The summed E-state index contributed by atoms with van der Waals surface area (Å²) in [7, 11) is 1.68. The van der Waals surface area contributed by atoms with Gasteiger partial charge in [-0.1, -0.05) is 23.7 Å². The maximum Gasteiger partial charge on any atom is 0.251 e. The van der Waals surface area contributed by atoms with Crippen LogP contribution in [0.25, 0.3) is 0 Å². The second-order valence-corrected chi connectivity index (χ2v) is 6.61. The molecule has 2 heterocycles. The molecule has 0 bridgehead atoms. The number of nitrogens with zero attached hydrogens (tertiary/aromatic N) is 3. The first-order valence-electron chi connectivity index (χ1n) is 8.42. The van der Waals surface area contributed by atoms with Gasteiger partial charge in [-0.3, -0.25) is 9.59 Å². The lowest BCUT2D eigenvalue weighted by atomic mass is 9.97. The number of hydrogen-bond acceptors (Lipinski definition) is 4. The lowest BCUT2D eigenvalue weighted by Crippen LogP contribution is -2.53. The molecule has 26 heavy (non-hydrogen) atoms. The maximum absolute atomic E-state index is 12.6. The van der Waals surface area contributed by atoms with Crippen molar-refractivity contribution < 1.29 is 14.3 Å². The molecule has 7 nitrogen and oxygen atoms in total. The zero-order valence-corrected chi connectivity index (χ0v) is 15.2. The molecule has 138 valence electrons. The Labute approximate surface area is 156 Å². The van der Waals surface area contributed by atoms with Crippen molar-refractivity contribution in [3.63, 3.8) is 0 Å². The first-order valence-corrected chi connectivity index (χ1v) is 8.80. The maximum atomic E-state index is 12.6. The molecule has 0 unspecified atom stereocenters. The Morgan fingerprint density at radius 3 is 2.85 bits per heavy atom. The van der Waals surface area contributed by atoms with E-state index in [2.05, 4.69) is 10.3 Å². The SMILES string of the molecule is CN1C(=O)CO[C@H](C(=O)NCCCn2ccnc2)[C@H]1c1ccc(Cl)cc1. The van der Waals surface area contributed by atoms with Gasteiger partial charge in [0.05, 0.1) is 12.4 Å². The Morgan fingerprint density at radius 1 is 1.38 bits per heavy atom. The first-order chi connectivity index (χ1) is 12.6. The van der Waals surface area contributed by atoms with E-state index in [-0.39, 0.29) is 18.4 Å². The van der Waals surface area contributed by atoms with E-state index in [0.717, 1.165) is 18.5 Å². The zero-order chi connectivity index (χ0) is 18.5. The monoisotopic (exact) mass is 376 g/mol. The molecule has 1 aliphatic rings. The molecule has 1 aromatic heterocycles. The van der Waals surface area contributed by atoms with Gasteiger partial charge in [0.1, 0.15) is 6.61 Å². The standard InChI is InChI=1S/C18H21ClN4O3/c1-22-15(24)11-26-17(16(22)13-3-5-14(19)6-4-13)18(25)21-7-2-9-23-10-8-20-12-23/h3-6,8,10,12,16-17H,2,7,9,11H2,1H3,(H,21,25)/t16-,17+/m1/s1. The number of morpholine rings is 1. The third kappa shape index (κ3) is 4.23. The van der Waals surface area contributed by atoms with E-state index in [1.54, 1.807) is 36.6 Å². The number of benzene rings is 1. The van der Waals surface area contributed by atoms with Gasteiger partial charge < -0.3 is 19.5 Å². The number of imidazole rings is 1. The number of halogens is 1. The summed E-state index contributed by atoms with van der Waals surface area (Å²) in [6, 6.07) is 6.62. The smallest absolute Gasteiger partial charge is 0.251 e. The van der Waals surface area contributed by atoms with Crippen molar-refractivity contribution in [3.05, 3.63) is 53.6 Å². The number of carbonyl (C=O) groups is 2. The van der Waals surface area contributed by atoms with Gasteiger partial charge in [-0.05, 0) is 24.1 Å². The minimum Gasteiger partial charge on any atom is -0.356 e. The Hall–Kier alpha value is -2.38. The molecule has 2 atom stereocenters. The van der Waals surface area contributed by atoms with Crippen LogP contribution in [0, 0.1) is 0 Å². The molecule has 0 spiro atoms. The first kappa shape index (κ1) is 18.4. The number of nitrogens with one attached hydrogen (secondary N) is 1. The third-order valence-corrected chi connectivity index (χ3v) is 4.66. The van der Waals surface area contributed by atoms with Gasteiger partial charge in [0.2, 0.25) is 5.91 Å². The average molecular weight is 377 g/mol. The summed E-state index contributed by atoms with van der Waals surface area (Å²) in [5.41, 5.74) is 0.809. The van der Waals surface area contributed by atoms with Crippen molar-refractivity contribution in [2.24, 2.45) is 0 Å². The van der Waals surface area contributed by atoms with Crippen LogP contribution in [0.5, 0.6) is 0 Å². The Kier molecular flexibility index (Phi) is 5.90. The minimum atomic E-state index is -0.757. The average Bonchev–Trinajstić information content (AvgIpc) is 3.15. The second kappa shape index (κ2) is 8.33. The largest absolute Gasteiger partial charge is 0.356 e. The normalized spacial score (nSPS) is 20.2. The van der Waals surface area contributed by atoms with Crippen LogP contribution in [0.4, 0.5) is 0 Å². The van der Waals surface area contributed by atoms with Gasteiger partial charge >= 0.3 is 0 Å². The van der Waals surface area contributed by atoms with Crippen LogP contribution in [0.2, 0.25) is 5.02 Å². The Bertz CT molecular complexity index is 748. The van der Waals surface area contributed by atoms with Crippen molar-refractivity contribution >= 4 is 23.4 Å². The highest BCUT2D eigenvalue weighted by molar-refractivity contribution is 6.30. The van der Waals surface area contributed by atoms with Crippen LogP contribution in [0.1, 0.15) is 18.0 Å². The predicted molar refractivity (Wildman–Crippen MR) is 96.6 cm³/mol. The molecular formula is C18H21ClN4O3. The third-order valence-electron chi connectivity index (χ3n) is 4.41. The topological polar surface area (TPSA) is 76.5 Å². The van der Waals surface area contributed by atoms with E-state index >= 15 is 0 Å². The lowest BCUT2D eigenvalue weighted by Gasteiger charge is -2.38. The van der Waals surface area contributed by atoms with E-state index in [4.69, 9.17) is 16.3 Å². The molecule has 1 fully saturated rings. The van der Waals surface area contributed by atoms with E-state index in [1.165, 1.54) is 0 Å². The summed E-state index contributed by atoms with van der Waals surface area (Å²) in [6.45, 7) is 1.18. The summed E-state index contributed by atoms with van der Waals surface area (Å²) in [6.07, 6.45) is 5.35. The van der Waals surface area contributed by atoms with Crippen molar-refractivity contribution in [2.75, 3.05) is 20.2 Å². The van der Waals surface area contributed by atoms with Crippen LogP contribution >= 0.6 is 11.6 Å². The molecule has 0 saturated carbocycles. The van der Waals surface area contributed by atoms with Gasteiger partial charge in [0.15, 0.2) is 6.10 Å². The predicted octanol–water partition coefficient (Wildman–Crippen LogP) is 1.64. The van der Waals surface area contributed by atoms with Gasteiger partial charge in [-0.2, -0.15) is 0 Å². The van der Waals surface area contributed by atoms with E-state index < -0.39 is 12.1 Å². The summed E-state index contributed by atoms with van der Waals surface area (Å²) in [5, 5.41) is 3.50. The zero-order valence-electron chi connectivity index (χ0n) is 14.5. The number of aryl methyl sites for hydroxylation is 1. The van der Waals surface area contributed by atoms with E-state index in [1.807, 2.05) is 22.9 Å². The van der Waals surface area contributed by atoms with Gasteiger partial charge in [-0.25, -0.2) is 4.98 Å². The number of hydrogen-bond donors (Lipinski definition) is 1. The van der Waals surface area contributed by atoms with E-state index in [0.29, 0.717) is 11.6 Å². The molecule has 2 amide bonds. The molecule has 1 aliphatic heterocycles. The molecule has 1 aromatic carbocycles. The summed E-state index contributed by atoms with van der Waals surface area (Å²) in [4.78, 5) is 30.2. The second-order valence-electron chi connectivity index (χ2n) is 6.18. The molecule has 1 saturated heterocycles. The highest BCUT2D eigenvalue weighted by atomic mass is 35.5. The molecule has 1 N–H and O–H groups in total. The van der Waals surface area contributed by atoms with Crippen molar-refractivity contribution in [2.45, 2.75) is 25.1 Å². The fraction of sp³-hybridized carbons (Fsp3) is 0.389. The summed E-state index contributed by atoms with van der Waals surface area (Å²) < 4.78 is 7.52. The van der Waals surface area contributed by atoms with Crippen LogP contribution < -0.4 is 5.32 Å². The summed E-state index contributed by atoms with van der Waals surface area (Å²) in [5.74, 6) is -0.385. The van der Waals surface area contributed by atoms with Gasteiger partial charge in [0, 0.05) is 37.6 Å². The van der Waals surface area contributed by atoms with Crippen LogP contribution in [0.15, 0.2) is 43.0 Å². The highest BCUT2D eigenvalue weighted by Gasteiger charge is 2.39. The Morgan fingerprint density at radius 2 is 2.15 bits per heavy atom. The number of ether oxygens (including phenoxy) is 1. The Balaban J connectivity index is 1.63. The fourth-order valence-electron chi connectivity index (χ4n) is 2.98. The number of amides is 2. The minimum absolute atomic E-state index is 0.103. The van der Waals surface area contributed by atoms with Crippen molar-refractivity contribution in [1.82, 2.24) is 19.8 Å². The quantitative estimate of drug-likeness (QED) is 0.777. The lowest BCUT2D eigenvalue weighted by molar-refractivity contribution is -0.162. The van der Waals surface area contributed by atoms with Crippen LogP contribution in [-0.2, 0) is 20.9 Å². The number of rotatable bonds is 6. The molecule has 0 aliphatic carbocycles. The highest BCUT2D eigenvalue weighted by Crippen LogP contribution is 2.30. The fourth-order valence-corrected chi connectivity index (χ4v) is 3.11. The van der Waals surface area contributed by atoms with Crippen LogP contribution in [0.3, 0.4) is 0 Å². The van der Waals surface area contributed by atoms with Crippen molar-refractivity contribution in [3.8, 4) is 0 Å². The number of aromatic nitrogens is 2. The molecular weight excluding hydrogens is 356 g/mol. The molecule has 2 aromatic rings. The number of likely N-dealkylation sites (N-methyl/N-ethyl adjacent to an activating group) is 1. The van der Waals surface area contributed by atoms with Gasteiger partial charge in [-0.15, -0.1) is 0 Å². The van der Waals surface area contributed by atoms with E-state index in [9.17, 15) is 9.59 Å².